The maximum atomic E-state index is 9.90. The first-order valence-electron chi connectivity index (χ1n) is 2.21. The Hall–Kier alpha value is -0.730. The molecule has 40 valence electrons. The summed E-state index contributed by atoms with van der Waals surface area (Å²) >= 11 is 0. The third kappa shape index (κ3) is 0.656. The van der Waals surface area contributed by atoms with Crippen LogP contribution in [0.4, 0.5) is 4.79 Å². The summed E-state index contributed by atoms with van der Waals surface area (Å²) in [5.41, 5.74) is 0. The molecule has 0 radical (unpaired) electrons. The Balaban J connectivity index is 2.33. The van der Waals surface area contributed by atoms with Crippen LogP contribution in [-0.2, 0) is 0 Å². The van der Waals surface area contributed by atoms with E-state index in [0.717, 1.165) is 6.54 Å². The lowest BCUT2D eigenvalue weighted by Gasteiger charge is -1.87. The Kier molecular flexibility index (Phi) is 0.708. The minimum absolute atomic E-state index is 0.275. The smallest absolute Gasteiger partial charge is 0.407 e. The molecule has 0 saturated carbocycles. The average Bonchev–Trinajstić information content (AvgIpc) is 2.17. The highest BCUT2D eigenvalue weighted by atomic mass is 16.4. The van der Waals surface area contributed by atoms with Crippen molar-refractivity contribution in [3.05, 3.63) is 0 Å². The van der Waals surface area contributed by atoms with Crippen LogP contribution < -0.4 is 0 Å². The lowest BCUT2D eigenvalue weighted by atomic mass is 10.6. The molecule has 1 aliphatic rings. The van der Waals surface area contributed by atoms with Gasteiger partial charge in [-0.1, -0.05) is 0 Å². The van der Waals surface area contributed by atoms with Gasteiger partial charge in [-0.2, -0.15) is 0 Å². The molecule has 1 heterocycles. The molecule has 1 atom stereocenters. The molecule has 1 N–H and O–H groups in total. The summed E-state index contributed by atoms with van der Waals surface area (Å²) in [5, 5.41) is 8.15. The first-order chi connectivity index (χ1) is 3.22. The standard InChI is InChI=1S/C4H7NO2/c1-3-2-5(3)4(6)7/h3H,2H2,1H3,(H,6,7)/t3-,5?/m1/s1. The summed E-state index contributed by atoms with van der Waals surface area (Å²) in [7, 11) is 0. The van der Waals surface area contributed by atoms with Crippen molar-refractivity contribution in [3.8, 4) is 0 Å². The van der Waals surface area contributed by atoms with Gasteiger partial charge >= 0.3 is 6.09 Å². The first-order valence-corrected chi connectivity index (χ1v) is 2.21. The van der Waals surface area contributed by atoms with Crippen LogP contribution in [0.25, 0.3) is 0 Å². The van der Waals surface area contributed by atoms with Crippen LogP contribution in [0, 0.1) is 0 Å². The molecule has 0 aliphatic carbocycles. The Morgan fingerprint density at radius 3 is 2.43 bits per heavy atom. The second kappa shape index (κ2) is 1.12. The zero-order chi connectivity index (χ0) is 5.44. The summed E-state index contributed by atoms with van der Waals surface area (Å²) < 4.78 is 0. The van der Waals surface area contributed by atoms with Gasteiger partial charge < -0.3 is 10.0 Å². The highest BCUT2D eigenvalue weighted by Gasteiger charge is 2.33. The number of hydrogen-bond donors (Lipinski definition) is 1. The summed E-state index contributed by atoms with van der Waals surface area (Å²) in [6.07, 6.45) is -0.799. The second-order valence-corrected chi connectivity index (χ2v) is 1.78. The Morgan fingerprint density at radius 2 is 2.43 bits per heavy atom. The lowest BCUT2D eigenvalue weighted by Crippen LogP contribution is -2.07. The van der Waals surface area contributed by atoms with Crippen LogP contribution >= 0.6 is 0 Å². The van der Waals surface area contributed by atoms with E-state index in [4.69, 9.17) is 5.11 Å². The molecule has 1 aliphatic heterocycles. The topological polar surface area (TPSA) is 40.3 Å². The lowest BCUT2D eigenvalue weighted by molar-refractivity contribution is 0.177. The van der Waals surface area contributed by atoms with Gasteiger partial charge in [0.25, 0.3) is 0 Å². The predicted molar refractivity (Wildman–Crippen MR) is 24.2 cm³/mol. The molecule has 0 unspecified atom stereocenters. The third-order valence-corrected chi connectivity index (χ3v) is 1.11. The van der Waals surface area contributed by atoms with Gasteiger partial charge in [0, 0.05) is 6.54 Å². The average molecular weight is 101 g/mol. The van der Waals surface area contributed by atoms with Crippen molar-refractivity contribution in [3.63, 3.8) is 0 Å². The summed E-state index contributed by atoms with van der Waals surface area (Å²) in [6.45, 7) is 2.60. The monoisotopic (exact) mass is 101 g/mol. The van der Waals surface area contributed by atoms with Crippen molar-refractivity contribution in [2.24, 2.45) is 0 Å². The second-order valence-electron chi connectivity index (χ2n) is 1.78. The number of nitrogens with zero attached hydrogens (tertiary/aromatic N) is 1. The highest BCUT2D eigenvalue weighted by molar-refractivity contribution is 5.68. The van der Waals surface area contributed by atoms with E-state index in [1.165, 1.54) is 4.90 Å². The molecule has 7 heavy (non-hydrogen) atoms. The molecule has 1 amide bonds. The van der Waals surface area contributed by atoms with E-state index in [-0.39, 0.29) is 6.04 Å². The molecule has 1 saturated heterocycles. The van der Waals surface area contributed by atoms with Crippen molar-refractivity contribution in [2.75, 3.05) is 6.54 Å². The fraction of sp³-hybridized carbons (Fsp3) is 0.750. The molecule has 3 heteroatoms. The van der Waals surface area contributed by atoms with Gasteiger partial charge in [0.2, 0.25) is 0 Å². The van der Waals surface area contributed by atoms with Crippen LogP contribution in [0.1, 0.15) is 6.92 Å². The molecule has 3 nitrogen and oxygen atoms in total. The van der Waals surface area contributed by atoms with Gasteiger partial charge in [-0.25, -0.2) is 4.79 Å². The normalized spacial score (nSPS) is 27.6. The molecular weight excluding hydrogens is 94.0 g/mol. The van der Waals surface area contributed by atoms with E-state index in [1.54, 1.807) is 0 Å². The molecule has 0 spiro atoms. The van der Waals surface area contributed by atoms with E-state index < -0.39 is 6.09 Å². The maximum Gasteiger partial charge on any atom is 0.407 e. The number of hydrogen-bond acceptors (Lipinski definition) is 1. The van der Waals surface area contributed by atoms with Crippen molar-refractivity contribution in [1.82, 2.24) is 4.90 Å². The fourth-order valence-electron chi connectivity index (χ4n) is 0.504. The molecule has 0 aromatic heterocycles. The molecule has 1 rings (SSSR count). The third-order valence-electron chi connectivity index (χ3n) is 1.11. The van der Waals surface area contributed by atoms with Gasteiger partial charge in [-0.05, 0) is 6.92 Å². The van der Waals surface area contributed by atoms with Gasteiger partial charge in [0.15, 0.2) is 0 Å². The minimum atomic E-state index is -0.799. The van der Waals surface area contributed by atoms with Crippen LogP contribution in [-0.4, -0.2) is 28.7 Å². The van der Waals surface area contributed by atoms with Crippen LogP contribution in [0.3, 0.4) is 0 Å². The Morgan fingerprint density at radius 1 is 2.00 bits per heavy atom. The van der Waals surface area contributed by atoms with Crippen LogP contribution in [0.5, 0.6) is 0 Å². The van der Waals surface area contributed by atoms with Gasteiger partial charge in [-0.15, -0.1) is 0 Å². The van der Waals surface area contributed by atoms with Gasteiger partial charge in [0.05, 0.1) is 6.04 Å². The number of carbonyl (C=O) groups is 1. The number of rotatable bonds is 0. The van der Waals surface area contributed by atoms with Crippen molar-refractivity contribution < 1.29 is 9.90 Å². The van der Waals surface area contributed by atoms with Crippen LogP contribution in [0.15, 0.2) is 0 Å². The zero-order valence-electron chi connectivity index (χ0n) is 4.09. The molecule has 0 bridgehead atoms. The van der Waals surface area contributed by atoms with Gasteiger partial charge in [-0.3, -0.25) is 0 Å². The Bertz CT molecular complexity index is 102. The van der Waals surface area contributed by atoms with Crippen LogP contribution in [0.2, 0.25) is 0 Å². The largest absolute Gasteiger partial charge is 0.465 e. The van der Waals surface area contributed by atoms with E-state index in [0.29, 0.717) is 0 Å². The quantitative estimate of drug-likeness (QED) is 0.448. The SMILES string of the molecule is C[C@@H]1CN1C(=O)O. The van der Waals surface area contributed by atoms with E-state index >= 15 is 0 Å². The first kappa shape index (κ1) is 4.43. The van der Waals surface area contributed by atoms with E-state index in [1.807, 2.05) is 6.92 Å². The van der Waals surface area contributed by atoms with Crippen molar-refractivity contribution >= 4 is 6.09 Å². The van der Waals surface area contributed by atoms with E-state index in [2.05, 4.69) is 0 Å². The number of amides is 1. The Labute approximate surface area is 41.5 Å². The zero-order valence-corrected chi connectivity index (χ0v) is 4.09. The molecule has 0 aromatic rings. The molecular formula is C4H7NO2. The van der Waals surface area contributed by atoms with E-state index in [9.17, 15) is 4.79 Å². The fourth-order valence-corrected chi connectivity index (χ4v) is 0.504. The molecule has 0 aromatic carbocycles. The van der Waals surface area contributed by atoms with Crippen molar-refractivity contribution in [2.45, 2.75) is 13.0 Å². The predicted octanol–water partition coefficient (Wildman–Crippen LogP) is 0.368. The van der Waals surface area contributed by atoms with Gasteiger partial charge in [0.1, 0.15) is 0 Å². The molecule has 1 fully saturated rings. The summed E-state index contributed by atoms with van der Waals surface area (Å²) in [5.74, 6) is 0. The number of carboxylic acid groups (broad SMARTS) is 1. The highest BCUT2D eigenvalue weighted by Crippen LogP contribution is 2.14. The summed E-state index contributed by atoms with van der Waals surface area (Å²) in [6, 6.07) is 0.275. The summed E-state index contributed by atoms with van der Waals surface area (Å²) in [4.78, 5) is 11.3. The maximum absolute atomic E-state index is 9.90. The van der Waals surface area contributed by atoms with Crippen molar-refractivity contribution in [1.29, 1.82) is 0 Å². The minimum Gasteiger partial charge on any atom is -0.465 e.